The summed E-state index contributed by atoms with van der Waals surface area (Å²) >= 11 is 0. The van der Waals surface area contributed by atoms with Gasteiger partial charge in [-0.2, -0.15) is 0 Å². The van der Waals surface area contributed by atoms with Crippen molar-refractivity contribution in [3.63, 3.8) is 0 Å². The Kier molecular flexibility index (Phi) is 7.52. The summed E-state index contributed by atoms with van der Waals surface area (Å²) in [5, 5.41) is 14.2. The van der Waals surface area contributed by atoms with Crippen LogP contribution in [-0.4, -0.2) is 36.9 Å². The molecule has 1 unspecified atom stereocenters. The number of hydrogen-bond donors (Lipinski definition) is 2. The number of nitrogens with zero attached hydrogens (tertiary/aromatic N) is 1. The molecule has 0 aliphatic carbocycles. The molecule has 1 heterocycles. The number of hydrogen-bond acceptors (Lipinski definition) is 6. The highest BCUT2D eigenvalue weighted by atomic mass is 16.5. The van der Waals surface area contributed by atoms with E-state index < -0.39 is 17.7 Å². The molecule has 0 saturated carbocycles. The molecule has 4 rings (SSSR count). The van der Waals surface area contributed by atoms with Gasteiger partial charge in [-0.05, 0) is 71.6 Å². The Balaban J connectivity index is 1.91. The van der Waals surface area contributed by atoms with Gasteiger partial charge in [-0.3, -0.25) is 19.3 Å². The first-order valence-electron chi connectivity index (χ1n) is 12.2. The Labute approximate surface area is 221 Å². The van der Waals surface area contributed by atoms with Crippen LogP contribution in [0.2, 0.25) is 0 Å². The molecule has 8 heteroatoms. The Morgan fingerprint density at radius 1 is 0.974 bits per heavy atom. The molecule has 3 aromatic rings. The van der Waals surface area contributed by atoms with Crippen LogP contribution in [0.4, 0.5) is 11.4 Å². The first-order chi connectivity index (χ1) is 18.2. The quantitative estimate of drug-likeness (QED) is 0.248. The van der Waals surface area contributed by atoms with Crippen molar-refractivity contribution in [1.29, 1.82) is 0 Å². The topological polar surface area (TPSA) is 105 Å². The van der Waals surface area contributed by atoms with Crippen molar-refractivity contribution < 1.29 is 29.0 Å². The van der Waals surface area contributed by atoms with E-state index in [1.807, 2.05) is 13.8 Å². The number of aliphatic hydroxyl groups is 1. The van der Waals surface area contributed by atoms with Crippen LogP contribution >= 0.6 is 0 Å². The third-order valence-corrected chi connectivity index (χ3v) is 6.44. The largest absolute Gasteiger partial charge is 0.507 e. The summed E-state index contributed by atoms with van der Waals surface area (Å²) in [5.74, 6) is -0.780. The average Bonchev–Trinajstić information content (AvgIpc) is 3.18. The number of Topliss-reactive ketones (excluding diaryl/α,β-unsaturated/α-hetero) is 1. The van der Waals surface area contributed by atoms with Gasteiger partial charge in [0.05, 0.1) is 25.8 Å². The van der Waals surface area contributed by atoms with Crippen molar-refractivity contribution in [3.05, 3.63) is 89.0 Å². The van der Waals surface area contributed by atoms with Crippen molar-refractivity contribution in [2.75, 3.05) is 24.4 Å². The summed E-state index contributed by atoms with van der Waals surface area (Å²) < 4.78 is 10.9. The van der Waals surface area contributed by atoms with Gasteiger partial charge in [0.15, 0.2) is 0 Å². The van der Waals surface area contributed by atoms with E-state index in [9.17, 15) is 19.5 Å². The fraction of sp³-hybridized carbons (Fsp3) is 0.233. The zero-order valence-corrected chi connectivity index (χ0v) is 21.9. The molecule has 196 valence electrons. The normalized spacial score (nSPS) is 16.6. The number of aliphatic hydroxyl groups excluding tert-OH is 1. The van der Waals surface area contributed by atoms with Crippen molar-refractivity contribution in [2.45, 2.75) is 32.7 Å². The number of nitrogens with one attached hydrogen (secondary N) is 1. The predicted octanol–water partition coefficient (Wildman–Crippen LogP) is 5.41. The van der Waals surface area contributed by atoms with E-state index in [1.165, 1.54) is 18.9 Å². The molecule has 8 nitrogen and oxygen atoms in total. The second kappa shape index (κ2) is 10.8. The maximum absolute atomic E-state index is 13.5. The first kappa shape index (κ1) is 26.5. The number of rotatable bonds is 7. The lowest BCUT2D eigenvalue weighted by Crippen LogP contribution is -2.29. The third kappa shape index (κ3) is 4.98. The molecule has 0 aromatic heterocycles. The zero-order chi connectivity index (χ0) is 27.6. The highest BCUT2D eigenvalue weighted by Crippen LogP contribution is 2.43. The van der Waals surface area contributed by atoms with E-state index in [0.29, 0.717) is 34.0 Å². The summed E-state index contributed by atoms with van der Waals surface area (Å²) in [7, 11) is 3.11. The van der Waals surface area contributed by atoms with Gasteiger partial charge in [0.1, 0.15) is 17.3 Å². The minimum Gasteiger partial charge on any atom is -0.507 e. The molecule has 1 atom stereocenters. The maximum Gasteiger partial charge on any atom is 0.300 e. The second-order valence-electron chi connectivity index (χ2n) is 9.29. The van der Waals surface area contributed by atoms with E-state index in [2.05, 4.69) is 5.32 Å². The number of anilines is 2. The minimum atomic E-state index is -0.915. The van der Waals surface area contributed by atoms with Crippen molar-refractivity contribution in [3.8, 4) is 11.5 Å². The summed E-state index contributed by atoms with van der Waals surface area (Å²) in [4.78, 5) is 39.7. The molecule has 1 saturated heterocycles. The van der Waals surface area contributed by atoms with E-state index in [1.54, 1.807) is 73.8 Å². The monoisotopic (exact) mass is 514 g/mol. The summed E-state index contributed by atoms with van der Waals surface area (Å²) in [6.07, 6.45) is 0. The van der Waals surface area contributed by atoms with Gasteiger partial charge < -0.3 is 19.9 Å². The molecule has 0 bridgehead atoms. The Hall–Kier alpha value is -4.59. The van der Waals surface area contributed by atoms with Gasteiger partial charge in [0, 0.05) is 23.9 Å². The standard InChI is InChI=1S/C30H30N2O6/c1-17(2)24-16-20(9-14-25(24)38-5)28(34)26-27(19-7-6-8-23(15-19)37-4)32(30(36)29(26)35)22-12-10-21(11-13-22)31-18(3)33/h6-17,27,34H,1-5H3,(H,31,33)/b28-26-. The second-order valence-corrected chi connectivity index (χ2v) is 9.29. The van der Waals surface area contributed by atoms with Crippen LogP contribution in [0.25, 0.3) is 5.76 Å². The lowest BCUT2D eigenvalue weighted by atomic mass is 9.93. The maximum atomic E-state index is 13.5. The lowest BCUT2D eigenvalue weighted by molar-refractivity contribution is -0.132. The minimum absolute atomic E-state index is 0.0333. The Morgan fingerprint density at radius 3 is 2.29 bits per heavy atom. The SMILES string of the molecule is COc1cccc(C2/C(=C(/O)c3ccc(OC)c(C(C)C)c3)C(=O)C(=O)N2c2ccc(NC(C)=O)cc2)c1. The van der Waals surface area contributed by atoms with Gasteiger partial charge in [-0.15, -0.1) is 0 Å². The van der Waals surface area contributed by atoms with E-state index in [4.69, 9.17) is 9.47 Å². The molecule has 1 aliphatic rings. The first-order valence-corrected chi connectivity index (χ1v) is 12.2. The predicted molar refractivity (Wildman–Crippen MR) is 146 cm³/mol. The van der Waals surface area contributed by atoms with Crippen LogP contribution in [0.5, 0.6) is 11.5 Å². The van der Waals surface area contributed by atoms with Crippen molar-refractivity contribution >= 4 is 34.7 Å². The number of methoxy groups -OCH3 is 2. The summed E-state index contributed by atoms with van der Waals surface area (Å²) in [5.41, 5.74) is 2.81. The molecule has 2 N–H and O–H groups in total. The van der Waals surface area contributed by atoms with Crippen LogP contribution in [0, 0.1) is 0 Å². The molecule has 0 radical (unpaired) electrons. The smallest absolute Gasteiger partial charge is 0.300 e. The van der Waals surface area contributed by atoms with Crippen LogP contribution in [0.1, 0.15) is 49.4 Å². The van der Waals surface area contributed by atoms with Gasteiger partial charge in [0.25, 0.3) is 11.7 Å². The van der Waals surface area contributed by atoms with E-state index >= 15 is 0 Å². The van der Waals surface area contributed by atoms with Crippen LogP contribution in [0.15, 0.2) is 72.3 Å². The molecular weight excluding hydrogens is 484 g/mol. The zero-order valence-electron chi connectivity index (χ0n) is 21.9. The summed E-state index contributed by atoms with van der Waals surface area (Å²) in [6, 6.07) is 17.9. The lowest BCUT2D eigenvalue weighted by Gasteiger charge is -2.26. The van der Waals surface area contributed by atoms with Gasteiger partial charge in [-0.25, -0.2) is 0 Å². The van der Waals surface area contributed by atoms with Crippen LogP contribution in [-0.2, 0) is 14.4 Å². The van der Waals surface area contributed by atoms with Gasteiger partial charge in [-0.1, -0.05) is 26.0 Å². The van der Waals surface area contributed by atoms with Gasteiger partial charge in [0.2, 0.25) is 5.91 Å². The molecule has 2 amide bonds. The average molecular weight is 515 g/mol. The molecule has 3 aromatic carbocycles. The fourth-order valence-corrected chi connectivity index (χ4v) is 4.62. The van der Waals surface area contributed by atoms with E-state index in [-0.39, 0.29) is 23.2 Å². The highest BCUT2D eigenvalue weighted by Gasteiger charge is 2.47. The molecular formula is C30H30N2O6. The Morgan fingerprint density at radius 2 is 1.68 bits per heavy atom. The van der Waals surface area contributed by atoms with Crippen LogP contribution < -0.4 is 19.7 Å². The third-order valence-electron chi connectivity index (χ3n) is 6.44. The highest BCUT2D eigenvalue weighted by molar-refractivity contribution is 6.51. The number of ether oxygens (including phenoxy) is 2. The van der Waals surface area contributed by atoms with Crippen molar-refractivity contribution in [1.82, 2.24) is 0 Å². The Bertz CT molecular complexity index is 1420. The number of carbonyl (C=O) groups is 3. The fourth-order valence-electron chi connectivity index (χ4n) is 4.62. The molecule has 1 fully saturated rings. The number of carbonyl (C=O) groups excluding carboxylic acids is 3. The van der Waals surface area contributed by atoms with E-state index in [0.717, 1.165) is 5.56 Å². The number of ketones is 1. The number of benzene rings is 3. The number of amides is 2. The molecule has 0 spiro atoms. The van der Waals surface area contributed by atoms with Crippen molar-refractivity contribution in [2.24, 2.45) is 0 Å². The summed E-state index contributed by atoms with van der Waals surface area (Å²) in [6.45, 7) is 5.40. The van der Waals surface area contributed by atoms with Gasteiger partial charge >= 0.3 is 0 Å². The molecule has 1 aliphatic heterocycles. The van der Waals surface area contributed by atoms with Crippen LogP contribution in [0.3, 0.4) is 0 Å². The molecule has 38 heavy (non-hydrogen) atoms.